The highest BCUT2D eigenvalue weighted by Gasteiger charge is 2.34. The highest BCUT2D eigenvalue weighted by atomic mass is 35.5. The number of esters is 1. The molecule has 0 spiro atoms. The van der Waals surface area contributed by atoms with Crippen LogP contribution in [0.1, 0.15) is 52.2 Å². The van der Waals surface area contributed by atoms with Gasteiger partial charge in [-0.1, -0.05) is 23.2 Å². The second-order valence-electron chi connectivity index (χ2n) is 10.6. The number of nitrogens with zero attached hydrogens (tertiary/aromatic N) is 3. The van der Waals surface area contributed by atoms with Crippen LogP contribution in [-0.2, 0) is 22.3 Å². The van der Waals surface area contributed by atoms with E-state index in [0.717, 1.165) is 6.07 Å². The Balaban J connectivity index is 1.60. The van der Waals surface area contributed by atoms with Gasteiger partial charge in [-0.15, -0.1) is 0 Å². The molecule has 220 valence electrons. The molecule has 0 atom stereocenters. The van der Waals surface area contributed by atoms with E-state index < -0.39 is 23.3 Å². The van der Waals surface area contributed by atoms with Crippen LogP contribution in [0.15, 0.2) is 41.1 Å². The normalized spacial score (nSPS) is 12.4. The molecule has 41 heavy (non-hydrogen) atoms. The Morgan fingerprint density at radius 2 is 1.85 bits per heavy atom. The van der Waals surface area contributed by atoms with Gasteiger partial charge >= 0.3 is 12.1 Å². The Morgan fingerprint density at radius 3 is 2.49 bits per heavy atom. The Morgan fingerprint density at radius 1 is 1.12 bits per heavy atom. The summed E-state index contributed by atoms with van der Waals surface area (Å²) in [6, 6.07) is 7.32. The van der Waals surface area contributed by atoms with Crippen molar-refractivity contribution in [2.24, 2.45) is 0 Å². The zero-order valence-electron chi connectivity index (χ0n) is 23.0. The fourth-order valence-corrected chi connectivity index (χ4v) is 4.55. The number of halogens is 5. The molecule has 0 fully saturated rings. The molecule has 0 unspecified atom stereocenters. The number of hydrogen-bond acceptors (Lipinski definition) is 7. The van der Waals surface area contributed by atoms with Crippen LogP contribution in [0.25, 0.3) is 28.3 Å². The number of fused-ring (bicyclic) bond motifs is 1. The summed E-state index contributed by atoms with van der Waals surface area (Å²) in [4.78, 5) is 16.3. The van der Waals surface area contributed by atoms with Gasteiger partial charge in [-0.05, 0) is 75.7 Å². The molecule has 0 aliphatic rings. The molecule has 4 rings (SSSR count). The van der Waals surface area contributed by atoms with Crippen molar-refractivity contribution in [1.82, 2.24) is 20.0 Å². The highest BCUT2D eigenvalue weighted by Crippen LogP contribution is 2.38. The molecule has 0 saturated heterocycles. The van der Waals surface area contributed by atoms with Crippen LogP contribution in [0.4, 0.5) is 13.2 Å². The fourth-order valence-electron chi connectivity index (χ4n) is 4.07. The number of carbonyl (C=O) groups is 1. The van der Waals surface area contributed by atoms with E-state index >= 15 is 0 Å². The Bertz CT molecular complexity index is 1560. The number of ether oxygens (including phenoxy) is 2. The van der Waals surface area contributed by atoms with Gasteiger partial charge < -0.3 is 19.3 Å². The van der Waals surface area contributed by atoms with Crippen LogP contribution in [0.5, 0.6) is 5.75 Å². The van der Waals surface area contributed by atoms with Crippen molar-refractivity contribution in [1.29, 1.82) is 0 Å². The fraction of sp³-hybridized carbons (Fsp3) is 0.393. The van der Waals surface area contributed by atoms with Gasteiger partial charge in [0.1, 0.15) is 11.4 Å². The number of alkyl halides is 3. The Hall–Kier alpha value is -3.28. The van der Waals surface area contributed by atoms with Crippen LogP contribution >= 0.6 is 23.2 Å². The third-order valence-corrected chi connectivity index (χ3v) is 6.30. The lowest BCUT2D eigenvalue weighted by atomic mass is 10.0. The maximum absolute atomic E-state index is 14.1. The number of nitrogens with one attached hydrogen (secondary N) is 1. The van der Waals surface area contributed by atoms with E-state index in [1.165, 1.54) is 16.8 Å². The topological polar surface area (TPSA) is 91.4 Å². The van der Waals surface area contributed by atoms with Gasteiger partial charge in [0.2, 0.25) is 0 Å². The van der Waals surface area contributed by atoms with E-state index in [4.69, 9.17) is 37.2 Å². The van der Waals surface area contributed by atoms with Crippen LogP contribution in [0.2, 0.25) is 10.0 Å². The summed E-state index contributed by atoms with van der Waals surface area (Å²) in [5.41, 5.74) is -0.883. The van der Waals surface area contributed by atoms with Crippen molar-refractivity contribution in [3.05, 3.63) is 57.7 Å². The summed E-state index contributed by atoms with van der Waals surface area (Å²) in [5, 5.41) is 7.74. The van der Waals surface area contributed by atoms with Crippen LogP contribution in [0.3, 0.4) is 0 Å². The van der Waals surface area contributed by atoms with E-state index in [9.17, 15) is 18.0 Å². The van der Waals surface area contributed by atoms with Gasteiger partial charge in [-0.3, -0.25) is 9.36 Å². The average Bonchev–Trinajstić information content (AvgIpc) is 3.45. The predicted molar refractivity (Wildman–Crippen MR) is 150 cm³/mol. The molecule has 4 aromatic rings. The zero-order chi connectivity index (χ0) is 30.1. The van der Waals surface area contributed by atoms with Crippen LogP contribution in [0, 0.1) is 0 Å². The molecule has 0 aliphatic carbocycles. The molecule has 0 amide bonds. The van der Waals surface area contributed by atoms with Crippen LogP contribution in [-0.4, -0.2) is 38.9 Å². The first-order chi connectivity index (χ1) is 19.1. The number of rotatable bonds is 9. The first-order valence-corrected chi connectivity index (χ1v) is 13.5. The number of hydrogen-bond donors (Lipinski definition) is 1. The molecule has 0 aliphatic heterocycles. The van der Waals surface area contributed by atoms with E-state index in [-0.39, 0.29) is 53.6 Å². The van der Waals surface area contributed by atoms with Gasteiger partial charge in [-0.25, -0.2) is 0 Å². The predicted octanol–water partition coefficient (Wildman–Crippen LogP) is 7.61. The highest BCUT2D eigenvalue weighted by molar-refractivity contribution is 6.35. The first kappa shape index (κ1) is 30.7. The lowest BCUT2D eigenvalue weighted by molar-refractivity contribution is -0.154. The number of benzene rings is 2. The molecule has 8 nitrogen and oxygen atoms in total. The minimum atomic E-state index is -4.66. The third-order valence-electron chi connectivity index (χ3n) is 5.70. The van der Waals surface area contributed by atoms with Crippen molar-refractivity contribution < 1.29 is 32.0 Å². The first-order valence-electron chi connectivity index (χ1n) is 12.8. The molecule has 13 heteroatoms. The molecular formula is C28H29Cl2F3N4O4. The summed E-state index contributed by atoms with van der Waals surface area (Å²) in [6.07, 6.45) is -3.30. The van der Waals surface area contributed by atoms with Gasteiger partial charge in [0.05, 0.1) is 33.7 Å². The van der Waals surface area contributed by atoms with E-state index in [1.807, 2.05) is 13.8 Å². The summed E-state index contributed by atoms with van der Waals surface area (Å²) >= 11 is 12.8. The molecule has 0 radical (unpaired) electrons. The summed E-state index contributed by atoms with van der Waals surface area (Å²) in [7, 11) is 0. The zero-order valence-corrected chi connectivity index (χ0v) is 24.5. The van der Waals surface area contributed by atoms with Gasteiger partial charge in [0.15, 0.2) is 0 Å². The third kappa shape index (κ3) is 7.52. The van der Waals surface area contributed by atoms with Crippen LogP contribution < -0.4 is 10.1 Å². The minimum absolute atomic E-state index is 0.00751. The molecule has 2 aromatic heterocycles. The SMILES string of the molecule is CC(C)Oc1ccc(-c2nc(-n3cc(Cl)c4cc(CNCCC(=O)OC(C)(C)C)c(C(F)(F)F)cc43)no2)cc1Cl. The maximum Gasteiger partial charge on any atom is 0.416 e. The van der Waals surface area contributed by atoms with Crippen molar-refractivity contribution in [3.63, 3.8) is 0 Å². The van der Waals surface area contributed by atoms with Crippen molar-refractivity contribution in [2.75, 3.05) is 6.54 Å². The van der Waals surface area contributed by atoms with E-state index in [0.29, 0.717) is 21.7 Å². The average molecular weight is 613 g/mol. The molecule has 0 bridgehead atoms. The van der Waals surface area contributed by atoms with Gasteiger partial charge in [-0.2, -0.15) is 18.2 Å². The molecule has 1 N–H and O–H groups in total. The molecule has 2 heterocycles. The van der Waals surface area contributed by atoms with Gasteiger partial charge in [0.25, 0.3) is 11.8 Å². The second kappa shape index (κ2) is 11.9. The second-order valence-corrected chi connectivity index (χ2v) is 11.4. The maximum atomic E-state index is 14.1. The van der Waals surface area contributed by atoms with Crippen molar-refractivity contribution in [2.45, 2.75) is 65.5 Å². The number of aromatic nitrogens is 3. The Labute approximate surface area is 244 Å². The monoisotopic (exact) mass is 612 g/mol. The standard InChI is InChI=1S/C28H29Cl2F3N4O4/c1-15(2)39-23-7-6-16(11-20(23)29)25-35-26(36-41-25)37-14-21(30)18-10-17(19(12-22(18)37)28(31,32)33)13-34-9-8-24(38)40-27(3,4)5/h6-7,10-12,14-15,34H,8-9,13H2,1-5H3. The lowest BCUT2D eigenvalue weighted by Gasteiger charge is -2.19. The lowest BCUT2D eigenvalue weighted by Crippen LogP contribution is -2.27. The minimum Gasteiger partial charge on any atom is -0.489 e. The number of carbonyl (C=O) groups excluding carboxylic acids is 1. The molecule has 0 saturated carbocycles. The van der Waals surface area contributed by atoms with Gasteiger partial charge in [0, 0.05) is 30.2 Å². The van der Waals surface area contributed by atoms with E-state index in [2.05, 4.69) is 15.5 Å². The van der Waals surface area contributed by atoms with Crippen molar-refractivity contribution in [3.8, 4) is 23.2 Å². The summed E-state index contributed by atoms with van der Waals surface area (Å²) < 4.78 is 59.9. The quantitative estimate of drug-likeness (QED) is 0.153. The smallest absolute Gasteiger partial charge is 0.416 e. The summed E-state index contributed by atoms with van der Waals surface area (Å²) in [6.45, 7) is 8.96. The largest absolute Gasteiger partial charge is 0.489 e. The molecule has 2 aromatic carbocycles. The van der Waals surface area contributed by atoms with E-state index in [1.54, 1.807) is 39.0 Å². The van der Waals surface area contributed by atoms with Crippen molar-refractivity contribution >= 4 is 40.1 Å². The summed E-state index contributed by atoms with van der Waals surface area (Å²) in [5.74, 6) is 0.145. The molecular weight excluding hydrogens is 584 g/mol. The Kier molecular flexibility index (Phi) is 8.91.